The van der Waals surface area contributed by atoms with Crippen molar-refractivity contribution in [3.63, 3.8) is 0 Å². The van der Waals surface area contributed by atoms with Gasteiger partial charge in [-0.2, -0.15) is 0 Å². The van der Waals surface area contributed by atoms with Crippen molar-refractivity contribution >= 4 is 16.9 Å². The monoisotopic (exact) mass is 218 g/mol. The molecule has 0 nitrogen and oxygen atoms in total. The van der Waals surface area contributed by atoms with Crippen LogP contribution >= 0.6 is 0 Å². The van der Waals surface area contributed by atoms with Crippen LogP contribution in [0.25, 0.3) is 0 Å². The van der Waals surface area contributed by atoms with Crippen LogP contribution in [0.5, 0.6) is 0 Å². The van der Waals surface area contributed by atoms with Gasteiger partial charge in [-0.25, -0.2) is 0 Å². The summed E-state index contributed by atoms with van der Waals surface area (Å²) in [6, 6.07) is 0. The summed E-state index contributed by atoms with van der Waals surface area (Å²) < 4.78 is 0.966. The minimum absolute atomic E-state index is 0.966. The van der Waals surface area contributed by atoms with Gasteiger partial charge in [0.25, 0.3) is 0 Å². The van der Waals surface area contributed by atoms with E-state index >= 15 is 0 Å². The molecule has 0 amide bonds. The normalized spacial score (nSPS) is 13.4. The molecule has 2 atom stereocenters. The average molecular weight is 218 g/mol. The summed E-state index contributed by atoms with van der Waals surface area (Å²) in [7, 11) is 0. The molecule has 0 radical (unpaired) electrons. The summed E-state index contributed by atoms with van der Waals surface area (Å²) in [6.45, 7) is 4.61. The zero-order valence-corrected chi connectivity index (χ0v) is 10.5. The Morgan fingerprint density at radius 2 is 1.55 bits per heavy atom. The summed E-state index contributed by atoms with van der Waals surface area (Å²) in [5.41, 5.74) is 0. The van der Waals surface area contributed by atoms with Crippen LogP contribution in [0.2, 0.25) is 4.71 Å². The standard InChI is InChI=1S/C10H23As/c1-3-4-5-6-7-8-9-10(2)11/h10H,3-9,11H2,1-2H3. The Kier molecular flexibility index (Phi) is 9.09. The van der Waals surface area contributed by atoms with E-state index in [1.165, 1.54) is 44.9 Å². The van der Waals surface area contributed by atoms with Crippen molar-refractivity contribution in [2.45, 2.75) is 63.5 Å². The van der Waals surface area contributed by atoms with Crippen LogP contribution in [0.15, 0.2) is 0 Å². The first-order chi connectivity index (χ1) is 5.27. The third-order valence-electron chi connectivity index (χ3n) is 2.01. The molecular formula is C10H23As. The van der Waals surface area contributed by atoms with Crippen LogP contribution in [0.3, 0.4) is 0 Å². The molecule has 0 heterocycles. The predicted octanol–water partition coefficient (Wildman–Crippen LogP) is 3.18. The van der Waals surface area contributed by atoms with Gasteiger partial charge in [-0.1, -0.05) is 0 Å². The van der Waals surface area contributed by atoms with Gasteiger partial charge in [0.2, 0.25) is 0 Å². The van der Waals surface area contributed by atoms with E-state index < -0.39 is 0 Å². The Labute approximate surface area is 80.6 Å². The maximum absolute atomic E-state index is 2.34. The molecular weight excluding hydrogens is 195 g/mol. The van der Waals surface area contributed by atoms with E-state index in [9.17, 15) is 0 Å². The van der Waals surface area contributed by atoms with Crippen molar-refractivity contribution in [1.82, 2.24) is 0 Å². The third kappa shape index (κ3) is 10.6. The van der Waals surface area contributed by atoms with Gasteiger partial charge in [-0.3, -0.25) is 0 Å². The number of hydrogen-bond donors (Lipinski definition) is 0. The van der Waals surface area contributed by atoms with Gasteiger partial charge in [0.15, 0.2) is 0 Å². The van der Waals surface area contributed by atoms with E-state index in [2.05, 4.69) is 13.8 Å². The molecule has 0 rings (SSSR count). The van der Waals surface area contributed by atoms with Crippen LogP contribution in [0, 0.1) is 0 Å². The molecule has 11 heavy (non-hydrogen) atoms. The van der Waals surface area contributed by atoms with Gasteiger partial charge in [0.1, 0.15) is 0 Å². The van der Waals surface area contributed by atoms with Crippen LogP contribution in [0.1, 0.15) is 58.8 Å². The third-order valence-corrected chi connectivity index (χ3v) is 2.71. The number of hydrogen-bond acceptors (Lipinski definition) is 0. The van der Waals surface area contributed by atoms with Crippen molar-refractivity contribution in [3.8, 4) is 0 Å². The molecule has 0 saturated carbocycles. The molecule has 0 fully saturated rings. The first kappa shape index (κ1) is 11.6. The van der Waals surface area contributed by atoms with Gasteiger partial charge in [0, 0.05) is 0 Å². The average Bonchev–Trinajstić information content (AvgIpc) is 1.96. The van der Waals surface area contributed by atoms with Gasteiger partial charge in [0.05, 0.1) is 0 Å². The summed E-state index contributed by atoms with van der Waals surface area (Å²) in [6.07, 6.45) is 10.1. The summed E-state index contributed by atoms with van der Waals surface area (Å²) >= 11 is 1.90. The Morgan fingerprint density at radius 1 is 1.00 bits per heavy atom. The topological polar surface area (TPSA) is 0 Å². The van der Waals surface area contributed by atoms with Crippen LogP contribution in [0.4, 0.5) is 0 Å². The SMILES string of the molecule is CCCCCCCCC(C)[AsH2]. The summed E-state index contributed by atoms with van der Waals surface area (Å²) in [5.74, 6) is 0. The Bertz CT molecular complexity index is 69.3. The second-order valence-corrected chi connectivity index (χ2v) is 5.92. The molecule has 0 aliphatic rings. The molecule has 0 aliphatic heterocycles. The molecule has 0 aromatic heterocycles. The zero-order chi connectivity index (χ0) is 8.53. The molecule has 0 aromatic rings. The molecule has 0 aliphatic carbocycles. The molecule has 0 saturated heterocycles. The minimum atomic E-state index is 0.966. The fourth-order valence-corrected chi connectivity index (χ4v) is 1.74. The summed E-state index contributed by atoms with van der Waals surface area (Å²) in [4.78, 5) is 0. The van der Waals surface area contributed by atoms with E-state index in [1.54, 1.807) is 0 Å². The van der Waals surface area contributed by atoms with Gasteiger partial charge >= 0.3 is 80.4 Å². The maximum atomic E-state index is 2.34. The zero-order valence-electron chi connectivity index (χ0n) is 8.10. The van der Waals surface area contributed by atoms with E-state index in [0.29, 0.717) is 0 Å². The first-order valence-corrected chi connectivity index (χ1v) is 6.42. The van der Waals surface area contributed by atoms with E-state index in [1.807, 2.05) is 16.9 Å². The van der Waals surface area contributed by atoms with Crippen molar-refractivity contribution < 1.29 is 0 Å². The fraction of sp³-hybridized carbons (Fsp3) is 1.00. The van der Waals surface area contributed by atoms with Crippen LogP contribution < -0.4 is 0 Å². The van der Waals surface area contributed by atoms with Gasteiger partial charge in [-0.15, -0.1) is 0 Å². The summed E-state index contributed by atoms with van der Waals surface area (Å²) in [5, 5.41) is 0. The number of rotatable bonds is 7. The predicted molar refractivity (Wildman–Crippen MR) is 56.0 cm³/mol. The number of unbranched alkanes of at least 4 members (excludes halogenated alkanes) is 5. The molecule has 0 aromatic carbocycles. The fourth-order valence-electron chi connectivity index (χ4n) is 1.25. The van der Waals surface area contributed by atoms with E-state index in [-0.39, 0.29) is 0 Å². The first-order valence-electron chi connectivity index (χ1n) is 5.03. The molecule has 1 heteroatoms. The molecule has 0 bridgehead atoms. The second kappa shape index (κ2) is 8.65. The molecule has 0 spiro atoms. The van der Waals surface area contributed by atoms with E-state index in [4.69, 9.17) is 0 Å². The molecule has 0 N–H and O–H groups in total. The van der Waals surface area contributed by atoms with E-state index in [0.717, 1.165) is 4.71 Å². The van der Waals surface area contributed by atoms with Crippen LogP contribution in [-0.4, -0.2) is 16.9 Å². The molecule has 2 unspecified atom stereocenters. The molecule has 68 valence electrons. The van der Waals surface area contributed by atoms with Crippen molar-refractivity contribution in [2.75, 3.05) is 0 Å². The van der Waals surface area contributed by atoms with Crippen molar-refractivity contribution in [3.05, 3.63) is 0 Å². The quantitative estimate of drug-likeness (QED) is 0.454. The van der Waals surface area contributed by atoms with Crippen molar-refractivity contribution in [1.29, 1.82) is 0 Å². The van der Waals surface area contributed by atoms with Crippen molar-refractivity contribution in [2.24, 2.45) is 0 Å². The Balaban J connectivity index is 2.80. The van der Waals surface area contributed by atoms with Crippen LogP contribution in [-0.2, 0) is 0 Å². The Morgan fingerprint density at radius 3 is 2.09 bits per heavy atom. The Hall–Kier alpha value is 0.558. The van der Waals surface area contributed by atoms with Gasteiger partial charge < -0.3 is 0 Å². The van der Waals surface area contributed by atoms with Gasteiger partial charge in [-0.05, 0) is 0 Å². The second-order valence-electron chi connectivity index (χ2n) is 3.53.